The lowest BCUT2D eigenvalue weighted by Gasteiger charge is -2.33. The fraction of sp³-hybridized carbons (Fsp3) is 0.409. The number of hydrogen-bond donors (Lipinski definition) is 2. The molecule has 178 valence electrons. The summed E-state index contributed by atoms with van der Waals surface area (Å²) in [5.74, 6) is 0. The number of nitrogens with two attached hydrogens (primary N) is 1. The van der Waals surface area contributed by atoms with Crippen LogP contribution in [0.25, 0.3) is 10.9 Å². The van der Waals surface area contributed by atoms with E-state index in [1.165, 1.54) is 12.1 Å². The number of rotatable bonds is 4. The van der Waals surface area contributed by atoms with E-state index in [4.69, 9.17) is 5.73 Å². The number of likely N-dealkylation sites (tertiary alicyclic amines) is 1. The summed E-state index contributed by atoms with van der Waals surface area (Å²) in [4.78, 5) is 2.07. The Labute approximate surface area is 185 Å². The van der Waals surface area contributed by atoms with Crippen LogP contribution in [-0.2, 0) is 12.1 Å². The molecule has 0 spiro atoms. The maximum absolute atomic E-state index is 13.0. The molecular weight excluding hydrogens is 450 g/mol. The summed E-state index contributed by atoms with van der Waals surface area (Å²) >= 11 is 0. The van der Waals surface area contributed by atoms with E-state index >= 15 is 0 Å². The number of piperidine rings is 1. The molecule has 0 aliphatic carbocycles. The molecule has 1 fully saturated rings. The topological polar surface area (TPSA) is 67.3 Å². The molecule has 1 aliphatic heterocycles. The van der Waals surface area contributed by atoms with Crippen LogP contribution < -0.4 is 5.73 Å². The molecule has 3 aromatic rings. The van der Waals surface area contributed by atoms with E-state index in [-0.39, 0.29) is 6.04 Å². The van der Waals surface area contributed by atoms with E-state index in [1.54, 1.807) is 6.20 Å². The summed E-state index contributed by atoms with van der Waals surface area (Å²) in [6.07, 6.45) is -8.44. The number of hydrogen-bond acceptors (Lipinski definition) is 4. The third-order valence-electron chi connectivity index (χ3n) is 6.12. The predicted molar refractivity (Wildman–Crippen MR) is 110 cm³/mol. The van der Waals surface area contributed by atoms with E-state index in [9.17, 15) is 31.4 Å². The Morgan fingerprint density at radius 2 is 1.55 bits per heavy atom. The molecule has 4 rings (SSSR count). The molecule has 0 bridgehead atoms. The Hall–Kier alpha value is -2.79. The monoisotopic (exact) mass is 472 g/mol. The van der Waals surface area contributed by atoms with Crippen LogP contribution in [0, 0.1) is 0 Å². The van der Waals surface area contributed by atoms with Crippen molar-refractivity contribution in [2.24, 2.45) is 0 Å². The molecule has 0 amide bonds. The summed E-state index contributed by atoms with van der Waals surface area (Å²) in [6, 6.07) is 9.50. The van der Waals surface area contributed by atoms with Crippen molar-refractivity contribution in [3.63, 3.8) is 0 Å². The van der Waals surface area contributed by atoms with Gasteiger partial charge in [-0.1, -0.05) is 24.3 Å². The van der Waals surface area contributed by atoms with Gasteiger partial charge in [-0.15, -0.1) is 0 Å². The minimum atomic E-state index is -5.89. The van der Waals surface area contributed by atoms with Gasteiger partial charge in [0.1, 0.15) is 0 Å². The Morgan fingerprint density at radius 1 is 0.939 bits per heavy atom. The summed E-state index contributed by atoms with van der Waals surface area (Å²) in [6.45, 7) is 1.74. The lowest BCUT2D eigenvalue weighted by atomic mass is 9.91. The molecule has 0 saturated carbocycles. The van der Waals surface area contributed by atoms with Crippen molar-refractivity contribution in [2.75, 3.05) is 18.8 Å². The third-order valence-corrected chi connectivity index (χ3v) is 6.12. The minimum absolute atomic E-state index is 0.163. The number of halogens is 6. The van der Waals surface area contributed by atoms with Crippen molar-refractivity contribution in [1.82, 2.24) is 14.7 Å². The first-order valence-electron chi connectivity index (χ1n) is 10.3. The highest BCUT2D eigenvalue weighted by Crippen LogP contribution is 2.50. The highest BCUT2D eigenvalue weighted by atomic mass is 19.4. The van der Waals surface area contributed by atoms with Gasteiger partial charge in [0.15, 0.2) is 0 Å². The molecule has 5 nitrogen and oxygen atoms in total. The number of anilines is 1. The van der Waals surface area contributed by atoms with Crippen LogP contribution in [0.15, 0.2) is 48.7 Å². The van der Waals surface area contributed by atoms with E-state index in [2.05, 4.69) is 10.00 Å². The molecule has 2 aromatic carbocycles. The number of nitrogens with zero attached hydrogens (tertiary/aromatic N) is 3. The van der Waals surface area contributed by atoms with Gasteiger partial charge < -0.3 is 10.8 Å². The first kappa shape index (κ1) is 23.4. The van der Waals surface area contributed by atoms with Crippen LogP contribution in [0.5, 0.6) is 0 Å². The number of aliphatic hydroxyl groups is 1. The molecule has 3 N–H and O–H groups in total. The number of nitrogen functional groups attached to an aromatic ring is 1. The Kier molecular flexibility index (Phi) is 5.81. The van der Waals surface area contributed by atoms with E-state index < -0.39 is 23.5 Å². The van der Waals surface area contributed by atoms with Crippen LogP contribution in [0.1, 0.15) is 30.0 Å². The molecule has 1 saturated heterocycles. The molecular formula is C22H22F6N4O. The second kappa shape index (κ2) is 8.21. The fourth-order valence-electron chi connectivity index (χ4n) is 4.27. The van der Waals surface area contributed by atoms with Gasteiger partial charge in [0, 0.05) is 36.3 Å². The Bertz CT molecular complexity index is 1100. The van der Waals surface area contributed by atoms with Gasteiger partial charge in [0.25, 0.3) is 5.60 Å². The van der Waals surface area contributed by atoms with Crippen molar-refractivity contribution in [3.05, 3.63) is 59.8 Å². The van der Waals surface area contributed by atoms with E-state index in [1.807, 2.05) is 22.9 Å². The van der Waals surface area contributed by atoms with Crippen LogP contribution in [0.3, 0.4) is 0 Å². The fourth-order valence-corrected chi connectivity index (χ4v) is 4.27. The zero-order chi connectivity index (χ0) is 24.0. The van der Waals surface area contributed by atoms with Crippen LogP contribution in [0.4, 0.5) is 32.0 Å². The average molecular weight is 472 g/mol. The number of benzene rings is 2. The van der Waals surface area contributed by atoms with Crippen LogP contribution >= 0.6 is 0 Å². The van der Waals surface area contributed by atoms with Crippen molar-refractivity contribution in [3.8, 4) is 0 Å². The van der Waals surface area contributed by atoms with Crippen molar-refractivity contribution >= 4 is 16.6 Å². The van der Waals surface area contributed by atoms with E-state index in [0.29, 0.717) is 43.0 Å². The SMILES string of the molecule is Nc1ccc2cnn(C3CCN(Cc4ccc(C(O)(C(F)(F)F)C(F)(F)F)cc4)CC3)c2c1. The highest BCUT2D eigenvalue weighted by Gasteiger charge is 2.71. The first-order chi connectivity index (χ1) is 15.4. The Balaban J connectivity index is 1.42. The molecule has 1 aliphatic rings. The number of fused-ring (bicyclic) bond motifs is 1. The quantitative estimate of drug-likeness (QED) is 0.424. The number of aromatic nitrogens is 2. The largest absolute Gasteiger partial charge is 0.430 e. The van der Waals surface area contributed by atoms with Gasteiger partial charge >= 0.3 is 12.4 Å². The number of alkyl halides is 6. The lowest BCUT2D eigenvalue weighted by molar-refractivity contribution is -0.376. The van der Waals surface area contributed by atoms with Crippen molar-refractivity contribution in [1.29, 1.82) is 0 Å². The Morgan fingerprint density at radius 3 is 2.12 bits per heavy atom. The van der Waals surface area contributed by atoms with Gasteiger partial charge in [0.2, 0.25) is 0 Å². The lowest BCUT2D eigenvalue weighted by Crippen LogP contribution is -2.53. The van der Waals surface area contributed by atoms with Gasteiger partial charge in [-0.2, -0.15) is 31.4 Å². The first-order valence-corrected chi connectivity index (χ1v) is 10.3. The minimum Gasteiger partial charge on any atom is -0.399 e. The van der Waals surface area contributed by atoms with Gasteiger partial charge in [-0.25, -0.2) is 0 Å². The molecule has 0 unspecified atom stereocenters. The molecule has 0 atom stereocenters. The highest BCUT2D eigenvalue weighted by molar-refractivity contribution is 5.81. The van der Waals surface area contributed by atoms with Gasteiger partial charge in [-0.05, 0) is 36.6 Å². The third kappa shape index (κ3) is 4.26. The second-order valence-corrected chi connectivity index (χ2v) is 8.32. The summed E-state index contributed by atoms with van der Waals surface area (Å²) < 4.78 is 80.2. The predicted octanol–water partition coefficient (Wildman–Crippen LogP) is 4.77. The summed E-state index contributed by atoms with van der Waals surface area (Å²) in [7, 11) is 0. The molecule has 0 radical (unpaired) electrons. The molecule has 2 heterocycles. The van der Waals surface area contributed by atoms with Crippen molar-refractivity contribution < 1.29 is 31.4 Å². The zero-order valence-electron chi connectivity index (χ0n) is 17.4. The van der Waals surface area contributed by atoms with Gasteiger partial charge in [-0.3, -0.25) is 9.58 Å². The smallest absolute Gasteiger partial charge is 0.399 e. The standard InChI is InChI=1S/C22H22F6N4O/c23-21(24,25)20(33,22(26,27)28)16-4-1-14(2-5-16)13-31-9-7-18(8-10-31)32-19-11-17(29)6-3-15(19)12-30-32/h1-6,11-12,18,33H,7-10,13,29H2. The van der Waals surface area contributed by atoms with Crippen molar-refractivity contribution in [2.45, 2.75) is 43.4 Å². The van der Waals surface area contributed by atoms with Gasteiger partial charge in [0.05, 0.1) is 17.8 Å². The average Bonchev–Trinajstić information content (AvgIpc) is 3.16. The zero-order valence-corrected chi connectivity index (χ0v) is 17.4. The summed E-state index contributed by atoms with van der Waals surface area (Å²) in [5, 5.41) is 15.0. The van der Waals surface area contributed by atoms with Crippen LogP contribution in [-0.4, -0.2) is 45.2 Å². The molecule has 1 aromatic heterocycles. The molecule has 11 heteroatoms. The maximum atomic E-state index is 13.0. The summed E-state index contributed by atoms with van der Waals surface area (Å²) in [5.41, 5.74) is 1.87. The van der Waals surface area contributed by atoms with E-state index in [0.717, 1.165) is 23.7 Å². The second-order valence-electron chi connectivity index (χ2n) is 8.32. The molecule has 33 heavy (non-hydrogen) atoms. The maximum Gasteiger partial charge on any atom is 0.430 e. The van der Waals surface area contributed by atoms with Crippen LogP contribution in [0.2, 0.25) is 0 Å². The normalized spacial score (nSPS) is 17.1.